The van der Waals surface area contributed by atoms with Crippen LogP contribution in [0.25, 0.3) is 0 Å². The van der Waals surface area contributed by atoms with E-state index in [1.807, 2.05) is 0 Å². The Balaban J connectivity index is 2.60. The minimum Gasteiger partial charge on any atom is -0.298 e. The molecule has 78 valence electrons. The van der Waals surface area contributed by atoms with Gasteiger partial charge in [0, 0.05) is 12.1 Å². The largest absolute Gasteiger partial charge is 0.298 e. The van der Waals surface area contributed by atoms with Crippen LogP contribution in [0.4, 0.5) is 0 Å². The fourth-order valence-electron chi connectivity index (χ4n) is 2.50. The summed E-state index contributed by atoms with van der Waals surface area (Å²) in [5.41, 5.74) is 0. The van der Waals surface area contributed by atoms with Gasteiger partial charge in [-0.25, -0.2) is 0 Å². The number of piperidine rings is 1. The second-order valence-corrected chi connectivity index (χ2v) is 5.27. The molecule has 0 aromatic rings. The maximum absolute atomic E-state index is 2.69. The highest BCUT2D eigenvalue weighted by atomic mass is 15.2. The molecule has 13 heavy (non-hydrogen) atoms. The number of hydrogen-bond acceptors (Lipinski definition) is 1. The fraction of sp³-hybridized carbons (Fsp3) is 1.00. The Labute approximate surface area is 83.5 Å². The molecule has 1 fully saturated rings. The van der Waals surface area contributed by atoms with Gasteiger partial charge in [0.15, 0.2) is 0 Å². The minimum atomic E-state index is 0.722. The third-order valence-corrected chi connectivity index (χ3v) is 3.38. The van der Waals surface area contributed by atoms with E-state index in [4.69, 9.17) is 0 Å². The topological polar surface area (TPSA) is 3.24 Å². The molecule has 1 saturated heterocycles. The average molecular weight is 183 g/mol. The summed E-state index contributed by atoms with van der Waals surface area (Å²) in [7, 11) is 0. The van der Waals surface area contributed by atoms with Crippen LogP contribution in [0.5, 0.6) is 0 Å². The van der Waals surface area contributed by atoms with Gasteiger partial charge >= 0.3 is 0 Å². The molecule has 2 unspecified atom stereocenters. The summed E-state index contributed by atoms with van der Waals surface area (Å²) in [5.74, 6) is 1.74. The van der Waals surface area contributed by atoms with Crippen molar-refractivity contribution >= 4 is 0 Å². The van der Waals surface area contributed by atoms with Crippen molar-refractivity contribution < 1.29 is 0 Å². The Hall–Kier alpha value is -0.0400. The maximum atomic E-state index is 2.69. The molecule has 1 rings (SSSR count). The molecule has 0 aromatic heterocycles. The molecule has 0 spiro atoms. The molecule has 1 aliphatic heterocycles. The van der Waals surface area contributed by atoms with Gasteiger partial charge in [0.2, 0.25) is 0 Å². The van der Waals surface area contributed by atoms with Crippen LogP contribution in [0.1, 0.15) is 47.5 Å². The summed E-state index contributed by atoms with van der Waals surface area (Å²) in [6, 6.07) is 1.55. The summed E-state index contributed by atoms with van der Waals surface area (Å²) >= 11 is 0. The molecule has 0 bridgehead atoms. The van der Waals surface area contributed by atoms with Crippen molar-refractivity contribution in [1.82, 2.24) is 4.90 Å². The van der Waals surface area contributed by atoms with Gasteiger partial charge in [0.05, 0.1) is 0 Å². The van der Waals surface area contributed by atoms with E-state index < -0.39 is 0 Å². The predicted octanol–water partition coefficient (Wildman–Crippen LogP) is 3.15. The maximum Gasteiger partial charge on any atom is 0.0123 e. The quantitative estimate of drug-likeness (QED) is 0.635. The lowest BCUT2D eigenvalue weighted by molar-refractivity contribution is 0.0582. The molecule has 0 N–H and O–H groups in total. The summed E-state index contributed by atoms with van der Waals surface area (Å²) in [6.07, 6.45) is 2.79. The second-order valence-electron chi connectivity index (χ2n) is 5.27. The van der Waals surface area contributed by atoms with Crippen molar-refractivity contribution in [2.24, 2.45) is 11.8 Å². The van der Waals surface area contributed by atoms with Gasteiger partial charge in [-0.3, -0.25) is 4.90 Å². The van der Waals surface area contributed by atoms with Crippen LogP contribution in [-0.4, -0.2) is 23.5 Å². The molecule has 0 amide bonds. The Morgan fingerprint density at radius 3 is 2.23 bits per heavy atom. The van der Waals surface area contributed by atoms with Crippen LogP contribution in [0.15, 0.2) is 0 Å². The van der Waals surface area contributed by atoms with Crippen molar-refractivity contribution in [1.29, 1.82) is 0 Å². The van der Waals surface area contributed by atoms with E-state index in [0.717, 1.165) is 23.9 Å². The average Bonchev–Trinajstić information content (AvgIpc) is 2.03. The highest BCUT2D eigenvalue weighted by Gasteiger charge is 2.29. The molecule has 0 aromatic carbocycles. The van der Waals surface area contributed by atoms with E-state index in [1.54, 1.807) is 0 Å². The van der Waals surface area contributed by atoms with E-state index in [9.17, 15) is 0 Å². The van der Waals surface area contributed by atoms with Gasteiger partial charge in [0.1, 0.15) is 0 Å². The first-order chi connectivity index (χ1) is 6.02. The first kappa shape index (κ1) is 11.0. The van der Waals surface area contributed by atoms with Gasteiger partial charge < -0.3 is 0 Å². The first-order valence-corrected chi connectivity index (χ1v) is 5.78. The second kappa shape index (κ2) is 4.45. The Morgan fingerprint density at radius 2 is 1.77 bits per heavy atom. The van der Waals surface area contributed by atoms with Crippen molar-refractivity contribution in [2.45, 2.75) is 59.5 Å². The lowest BCUT2D eigenvalue weighted by atomic mass is 9.85. The molecule has 1 aliphatic rings. The van der Waals surface area contributed by atoms with Crippen molar-refractivity contribution in [3.8, 4) is 0 Å². The zero-order valence-corrected chi connectivity index (χ0v) is 9.88. The summed E-state index contributed by atoms with van der Waals surface area (Å²) < 4.78 is 0. The molecule has 0 radical (unpaired) electrons. The molecule has 1 nitrogen and oxygen atoms in total. The standard InChI is InChI=1S/C12H25N/c1-9(2)12-8-11(5)6-7-13(12)10(3)4/h9-12H,6-8H2,1-5H3. The molecular weight excluding hydrogens is 158 g/mol. The summed E-state index contributed by atoms with van der Waals surface area (Å²) in [6.45, 7) is 13.1. The van der Waals surface area contributed by atoms with E-state index in [0.29, 0.717) is 0 Å². The van der Waals surface area contributed by atoms with Crippen LogP contribution in [0, 0.1) is 11.8 Å². The molecule has 0 saturated carbocycles. The monoisotopic (exact) mass is 183 g/mol. The van der Waals surface area contributed by atoms with Crippen LogP contribution >= 0.6 is 0 Å². The van der Waals surface area contributed by atoms with Gasteiger partial charge in [0.25, 0.3) is 0 Å². The highest BCUT2D eigenvalue weighted by Crippen LogP contribution is 2.28. The third kappa shape index (κ3) is 2.70. The molecule has 1 heteroatoms. The predicted molar refractivity (Wildman–Crippen MR) is 58.9 cm³/mol. The van der Waals surface area contributed by atoms with Crippen LogP contribution in [-0.2, 0) is 0 Å². The number of likely N-dealkylation sites (tertiary alicyclic amines) is 1. The fourth-order valence-corrected chi connectivity index (χ4v) is 2.50. The number of nitrogens with zero attached hydrogens (tertiary/aromatic N) is 1. The highest BCUT2D eigenvalue weighted by molar-refractivity contribution is 4.83. The van der Waals surface area contributed by atoms with Gasteiger partial charge in [-0.05, 0) is 45.1 Å². The molecule has 1 heterocycles. The number of rotatable bonds is 2. The summed E-state index contributed by atoms with van der Waals surface area (Å²) in [4.78, 5) is 2.69. The molecule has 2 atom stereocenters. The van der Waals surface area contributed by atoms with Gasteiger partial charge in [-0.2, -0.15) is 0 Å². The third-order valence-electron chi connectivity index (χ3n) is 3.38. The normalized spacial score (nSPS) is 31.6. The lowest BCUT2D eigenvalue weighted by Crippen LogP contribution is -2.48. The summed E-state index contributed by atoms with van der Waals surface area (Å²) in [5, 5.41) is 0. The smallest absolute Gasteiger partial charge is 0.0123 e. The van der Waals surface area contributed by atoms with E-state index in [1.165, 1.54) is 19.4 Å². The van der Waals surface area contributed by atoms with Gasteiger partial charge in [-0.1, -0.05) is 20.8 Å². The number of hydrogen-bond donors (Lipinski definition) is 0. The zero-order valence-electron chi connectivity index (χ0n) is 9.88. The van der Waals surface area contributed by atoms with Crippen molar-refractivity contribution in [2.75, 3.05) is 6.54 Å². The van der Waals surface area contributed by atoms with Crippen LogP contribution in [0.3, 0.4) is 0 Å². The van der Waals surface area contributed by atoms with E-state index in [2.05, 4.69) is 39.5 Å². The Morgan fingerprint density at radius 1 is 1.15 bits per heavy atom. The Bertz CT molecular complexity index is 151. The SMILES string of the molecule is CC1CCN(C(C)C)C(C(C)C)C1. The Kier molecular flexibility index (Phi) is 3.78. The minimum absolute atomic E-state index is 0.722. The van der Waals surface area contributed by atoms with Crippen molar-refractivity contribution in [3.63, 3.8) is 0 Å². The van der Waals surface area contributed by atoms with E-state index >= 15 is 0 Å². The van der Waals surface area contributed by atoms with Crippen LogP contribution in [0.2, 0.25) is 0 Å². The van der Waals surface area contributed by atoms with Crippen molar-refractivity contribution in [3.05, 3.63) is 0 Å². The molecular formula is C12H25N. The van der Waals surface area contributed by atoms with Crippen LogP contribution < -0.4 is 0 Å². The lowest BCUT2D eigenvalue weighted by Gasteiger charge is -2.43. The zero-order chi connectivity index (χ0) is 10.0. The molecule has 0 aliphatic carbocycles. The van der Waals surface area contributed by atoms with Gasteiger partial charge in [-0.15, -0.1) is 0 Å². The first-order valence-electron chi connectivity index (χ1n) is 5.78. The van der Waals surface area contributed by atoms with E-state index in [-0.39, 0.29) is 0 Å².